The van der Waals surface area contributed by atoms with Crippen molar-refractivity contribution in [2.45, 2.75) is 0 Å². The van der Waals surface area contributed by atoms with Crippen molar-refractivity contribution < 1.29 is 4.74 Å². The Kier molecular flexibility index (Phi) is 4.98. The first-order chi connectivity index (χ1) is 10.7. The lowest BCUT2D eigenvalue weighted by atomic mass is 10.1. The van der Waals surface area contributed by atoms with Crippen molar-refractivity contribution in [3.63, 3.8) is 0 Å². The average Bonchev–Trinajstić information content (AvgIpc) is 2.59. The smallest absolute Gasteiger partial charge is 0.130 e. The van der Waals surface area contributed by atoms with E-state index in [1.54, 1.807) is 13.2 Å². The van der Waals surface area contributed by atoms with Gasteiger partial charge in [0, 0.05) is 11.1 Å². The number of ether oxygens (including phenoxy) is 1. The number of methoxy groups -OCH3 is 1. The molecule has 0 aliphatic carbocycles. The van der Waals surface area contributed by atoms with Gasteiger partial charge in [0.05, 0.1) is 7.11 Å². The summed E-state index contributed by atoms with van der Waals surface area (Å²) in [6, 6.07) is 18.6. The summed E-state index contributed by atoms with van der Waals surface area (Å²) in [5.74, 6) is 6.93. The van der Waals surface area contributed by atoms with Crippen LogP contribution in [0.15, 0.2) is 54.1 Å². The van der Waals surface area contributed by atoms with Gasteiger partial charge in [0.15, 0.2) is 0 Å². The fourth-order valence-corrected chi connectivity index (χ4v) is 1.74. The second-order valence-electron chi connectivity index (χ2n) is 4.38. The van der Waals surface area contributed by atoms with E-state index in [2.05, 4.69) is 11.8 Å². The quantitative estimate of drug-likeness (QED) is 0.626. The van der Waals surface area contributed by atoms with E-state index in [4.69, 9.17) is 15.3 Å². The maximum atomic E-state index is 8.72. The molecule has 0 spiro atoms. The topological polar surface area (TPSA) is 56.8 Å². The first-order valence-corrected chi connectivity index (χ1v) is 6.53. The summed E-state index contributed by atoms with van der Waals surface area (Å²) in [5.41, 5.74) is 2.65. The molecule has 0 N–H and O–H groups in total. The minimum atomic E-state index is 0.0806. The zero-order chi connectivity index (χ0) is 15.8. The third-order valence-corrected chi connectivity index (χ3v) is 2.90. The van der Waals surface area contributed by atoms with Crippen LogP contribution >= 0.6 is 0 Å². The van der Waals surface area contributed by atoms with Gasteiger partial charge in [-0.15, -0.1) is 0 Å². The molecule has 0 aromatic heterocycles. The number of hydrogen-bond donors (Lipinski definition) is 0. The van der Waals surface area contributed by atoms with Gasteiger partial charge in [-0.3, -0.25) is 0 Å². The molecule has 0 atom stereocenters. The Morgan fingerprint density at radius 3 is 1.82 bits per heavy atom. The molecule has 0 radical (unpaired) electrons. The van der Waals surface area contributed by atoms with E-state index in [9.17, 15) is 0 Å². The Morgan fingerprint density at radius 2 is 1.36 bits per heavy atom. The Bertz CT molecular complexity index is 805. The van der Waals surface area contributed by atoms with Gasteiger partial charge in [0.2, 0.25) is 0 Å². The summed E-state index contributed by atoms with van der Waals surface area (Å²) in [7, 11) is 1.63. The summed E-state index contributed by atoms with van der Waals surface area (Å²) in [6.07, 6.45) is 1.54. The van der Waals surface area contributed by atoms with Crippen LogP contribution in [-0.2, 0) is 0 Å². The molecule has 0 heterocycles. The molecule has 2 rings (SSSR count). The second-order valence-corrected chi connectivity index (χ2v) is 4.38. The molecular weight excluding hydrogens is 272 g/mol. The monoisotopic (exact) mass is 284 g/mol. The highest BCUT2D eigenvalue weighted by molar-refractivity contribution is 5.62. The molecule has 0 amide bonds. The van der Waals surface area contributed by atoms with E-state index in [0.29, 0.717) is 0 Å². The van der Waals surface area contributed by atoms with Gasteiger partial charge in [0.25, 0.3) is 0 Å². The molecule has 3 nitrogen and oxygen atoms in total. The second kappa shape index (κ2) is 7.34. The molecule has 2 aromatic carbocycles. The molecule has 0 saturated carbocycles. The molecule has 0 aliphatic rings. The van der Waals surface area contributed by atoms with E-state index in [1.165, 1.54) is 0 Å². The van der Waals surface area contributed by atoms with Crippen LogP contribution in [0.2, 0.25) is 0 Å². The third kappa shape index (κ3) is 4.01. The normalized spacial score (nSPS) is 8.68. The van der Waals surface area contributed by atoms with Gasteiger partial charge in [0.1, 0.15) is 23.5 Å². The minimum Gasteiger partial charge on any atom is -0.497 e. The van der Waals surface area contributed by atoms with E-state index >= 15 is 0 Å². The standard InChI is InChI=1S/C19H12N2O/c1-22-19-10-8-16(9-11-19)3-2-15-4-6-17(7-5-15)12-18(13-20)14-21/h4-12H,1H3. The first kappa shape index (κ1) is 14.9. The highest BCUT2D eigenvalue weighted by atomic mass is 16.5. The summed E-state index contributed by atoms with van der Waals surface area (Å²) in [5, 5.41) is 17.4. The Hall–Kier alpha value is -3.48. The fraction of sp³-hybridized carbons (Fsp3) is 0.0526. The maximum absolute atomic E-state index is 8.72. The fourth-order valence-electron chi connectivity index (χ4n) is 1.74. The Labute approximate surface area is 129 Å². The van der Waals surface area contributed by atoms with E-state index in [0.717, 1.165) is 22.4 Å². The highest BCUT2D eigenvalue weighted by Gasteiger charge is 1.94. The molecule has 0 saturated heterocycles. The van der Waals surface area contributed by atoms with Crippen molar-refractivity contribution in [1.29, 1.82) is 10.5 Å². The molecule has 3 heteroatoms. The number of nitrogens with zero attached hydrogens (tertiary/aromatic N) is 2. The average molecular weight is 284 g/mol. The summed E-state index contributed by atoms with van der Waals surface area (Å²) in [6.45, 7) is 0. The van der Waals surface area contributed by atoms with E-state index < -0.39 is 0 Å². The van der Waals surface area contributed by atoms with Gasteiger partial charge < -0.3 is 4.74 Å². The molecule has 104 valence electrons. The molecule has 22 heavy (non-hydrogen) atoms. The maximum Gasteiger partial charge on any atom is 0.130 e. The number of allylic oxidation sites excluding steroid dienone is 1. The molecule has 0 unspecified atom stereocenters. The van der Waals surface area contributed by atoms with Crippen LogP contribution in [0.1, 0.15) is 16.7 Å². The molecule has 0 bridgehead atoms. The lowest BCUT2D eigenvalue weighted by molar-refractivity contribution is 0.415. The van der Waals surface area contributed by atoms with Crippen molar-refractivity contribution in [3.05, 3.63) is 70.8 Å². The SMILES string of the molecule is COc1ccc(C#Cc2ccc(C=C(C#N)C#N)cc2)cc1. The van der Waals surface area contributed by atoms with Crippen LogP contribution in [0, 0.1) is 34.5 Å². The van der Waals surface area contributed by atoms with Crippen molar-refractivity contribution in [2.24, 2.45) is 0 Å². The van der Waals surface area contributed by atoms with Crippen LogP contribution in [0.4, 0.5) is 0 Å². The van der Waals surface area contributed by atoms with Crippen LogP contribution < -0.4 is 4.74 Å². The zero-order valence-corrected chi connectivity index (χ0v) is 12.0. The molecule has 0 fully saturated rings. The zero-order valence-electron chi connectivity index (χ0n) is 12.0. The van der Waals surface area contributed by atoms with Crippen molar-refractivity contribution in [2.75, 3.05) is 7.11 Å². The lowest BCUT2D eigenvalue weighted by Gasteiger charge is -1.97. The van der Waals surface area contributed by atoms with Crippen molar-refractivity contribution in [1.82, 2.24) is 0 Å². The van der Waals surface area contributed by atoms with Crippen LogP contribution in [0.25, 0.3) is 6.08 Å². The highest BCUT2D eigenvalue weighted by Crippen LogP contribution is 2.11. The molecule has 2 aromatic rings. The van der Waals surface area contributed by atoms with Crippen LogP contribution in [-0.4, -0.2) is 7.11 Å². The summed E-state index contributed by atoms with van der Waals surface area (Å²) in [4.78, 5) is 0. The summed E-state index contributed by atoms with van der Waals surface area (Å²) >= 11 is 0. The lowest BCUT2D eigenvalue weighted by Crippen LogP contribution is -1.82. The van der Waals surface area contributed by atoms with Crippen LogP contribution in [0.5, 0.6) is 5.75 Å². The van der Waals surface area contributed by atoms with E-state index in [1.807, 2.05) is 60.7 Å². The third-order valence-electron chi connectivity index (χ3n) is 2.90. The van der Waals surface area contributed by atoms with Crippen molar-refractivity contribution in [3.8, 4) is 29.7 Å². The van der Waals surface area contributed by atoms with Crippen LogP contribution in [0.3, 0.4) is 0 Å². The Morgan fingerprint density at radius 1 is 0.864 bits per heavy atom. The number of hydrogen-bond acceptors (Lipinski definition) is 3. The number of nitriles is 2. The van der Waals surface area contributed by atoms with Crippen molar-refractivity contribution >= 4 is 6.08 Å². The molecule has 0 aliphatic heterocycles. The van der Waals surface area contributed by atoms with Gasteiger partial charge in [-0.05, 0) is 48.0 Å². The minimum absolute atomic E-state index is 0.0806. The van der Waals surface area contributed by atoms with Gasteiger partial charge in [-0.1, -0.05) is 24.0 Å². The van der Waals surface area contributed by atoms with Gasteiger partial charge in [-0.2, -0.15) is 10.5 Å². The number of rotatable bonds is 2. The largest absolute Gasteiger partial charge is 0.497 e. The predicted molar refractivity (Wildman–Crippen MR) is 84.6 cm³/mol. The number of benzene rings is 2. The van der Waals surface area contributed by atoms with Gasteiger partial charge in [-0.25, -0.2) is 0 Å². The van der Waals surface area contributed by atoms with E-state index in [-0.39, 0.29) is 5.57 Å². The summed E-state index contributed by atoms with van der Waals surface area (Å²) < 4.78 is 5.10. The first-order valence-electron chi connectivity index (χ1n) is 6.53. The molecular formula is C19H12N2O. The predicted octanol–water partition coefficient (Wildman–Crippen LogP) is 3.53. The Balaban J connectivity index is 2.15. The van der Waals surface area contributed by atoms with Gasteiger partial charge >= 0.3 is 0 Å².